The van der Waals surface area contributed by atoms with Gasteiger partial charge in [0.25, 0.3) is 0 Å². The van der Waals surface area contributed by atoms with E-state index in [1.54, 1.807) is 0 Å². The molecule has 0 spiro atoms. The van der Waals surface area contributed by atoms with E-state index in [9.17, 15) is 0 Å². The largest absolute Gasteiger partial charge is 0.378 e. The van der Waals surface area contributed by atoms with Gasteiger partial charge in [-0.2, -0.15) is 0 Å². The minimum Gasteiger partial charge on any atom is -0.378 e. The number of benzene rings is 1. The van der Waals surface area contributed by atoms with Crippen LogP contribution in [0.25, 0.3) is 0 Å². The van der Waals surface area contributed by atoms with Crippen LogP contribution in [0, 0.1) is 12.8 Å². The van der Waals surface area contributed by atoms with E-state index in [0.29, 0.717) is 18.1 Å². The molecule has 1 aliphatic heterocycles. The Balaban J connectivity index is 2.02. The van der Waals surface area contributed by atoms with Gasteiger partial charge in [-0.25, -0.2) is 0 Å². The topological polar surface area (TPSA) is 21.3 Å². The van der Waals surface area contributed by atoms with Crippen molar-refractivity contribution in [2.24, 2.45) is 5.92 Å². The van der Waals surface area contributed by atoms with Gasteiger partial charge < -0.3 is 10.1 Å². The standard InChI is InChI=1S/C16H25NO/c1-4-16-14(9-10-18-16)15(17-3)11-13-7-5-12(2)6-8-13/h5-8,14-17H,4,9-11H2,1-3H3. The molecule has 2 heteroatoms. The van der Waals surface area contributed by atoms with E-state index >= 15 is 0 Å². The van der Waals surface area contributed by atoms with E-state index < -0.39 is 0 Å². The van der Waals surface area contributed by atoms with Crippen molar-refractivity contribution in [3.63, 3.8) is 0 Å². The number of nitrogens with one attached hydrogen (secondary N) is 1. The van der Waals surface area contributed by atoms with Crippen LogP contribution in [0.15, 0.2) is 24.3 Å². The maximum absolute atomic E-state index is 5.81. The van der Waals surface area contributed by atoms with Gasteiger partial charge in [0.05, 0.1) is 6.10 Å². The summed E-state index contributed by atoms with van der Waals surface area (Å²) in [6.07, 6.45) is 3.85. The first-order chi connectivity index (χ1) is 8.74. The lowest BCUT2D eigenvalue weighted by atomic mass is 9.87. The monoisotopic (exact) mass is 247 g/mol. The third-order valence-corrected chi connectivity index (χ3v) is 4.13. The Labute approximate surface area is 111 Å². The Morgan fingerprint density at radius 3 is 2.67 bits per heavy atom. The zero-order valence-electron chi connectivity index (χ0n) is 11.8. The van der Waals surface area contributed by atoms with E-state index in [-0.39, 0.29) is 0 Å². The molecule has 1 aromatic rings. The fourth-order valence-electron chi connectivity index (χ4n) is 2.99. The lowest BCUT2D eigenvalue weighted by molar-refractivity contribution is 0.0783. The lowest BCUT2D eigenvalue weighted by Gasteiger charge is -2.27. The van der Waals surface area contributed by atoms with Crippen molar-refractivity contribution in [2.45, 2.75) is 45.3 Å². The van der Waals surface area contributed by atoms with E-state index in [4.69, 9.17) is 4.74 Å². The first-order valence-electron chi connectivity index (χ1n) is 7.09. The molecule has 2 nitrogen and oxygen atoms in total. The average Bonchev–Trinajstić information content (AvgIpc) is 2.86. The van der Waals surface area contributed by atoms with Crippen LogP contribution in [0.1, 0.15) is 30.9 Å². The molecule has 1 N–H and O–H groups in total. The summed E-state index contributed by atoms with van der Waals surface area (Å²) in [5.41, 5.74) is 2.75. The average molecular weight is 247 g/mol. The SMILES string of the molecule is CCC1OCCC1C(Cc1ccc(C)cc1)NC. The first kappa shape index (κ1) is 13.6. The third kappa shape index (κ3) is 3.12. The second-order valence-electron chi connectivity index (χ2n) is 5.35. The van der Waals surface area contributed by atoms with E-state index in [1.807, 2.05) is 0 Å². The zero-order valence-corrected chi connectivity index (χ0v) is 11.8. The summed E-state index contributed by atoms with van der Waals surface area (Å²) in [6.45, 7) is 5.29. The fraction of sp³-hybridized carbons (Fsp3) is 0.625. The van der Waals surface area contributed by atoms with Crippen LogP contribution in [0.5, 0.6) is 0 Å². The summed E-state index contributed by atoms with van der Waals surface area (Å²) < 4.78 is 5.81. The molecule has 18 heavy (non-hydrogen) atoms. The summed E-state index contributed by atoms with van der Waals surface area (Å²) in [5.74, 6) is 0.654. The van der Waals surface area contributed by atoms with Gasteiger partial charge in [-0.3, -0.25) is 0 Å². The molecule has 1 aromatic carbocycles. The molecule has 100 valence electrons. The molecule has 0 amide bonds. The van der Waals surface area contributed by atoms with Gasteiger partial charge in [-0.15, -0.1) is 0 Å². The lowest BCUT2D eigenvalue weighted by Crippen LogP contribution is -2.39. The summed E-state index contributed by atoms with van der Waals surface area (Å²) in [4.78, 5) is 0. The van der Waals surface area contributed by atoms with Gasteiger partial charge in [0, 0.05) is 18.6 Å². The van der Waals surface area contributed by atoms with Crippen LogP contribution >= 0.6 is 0 Å². The summed E-state index contributed by atoms with van der Waals surface area (Å²) >= 11 is 0. The van der Waals surface area contributed by atoms with E-state index in [1.165, 1.54) is 17.5 Å². The molecule has 1 saturated heterocycles. The summed E-state index contributed by atoms with van der Waals surface area (Å²) in [6, 6.07) is 9.42. The Bertz CT molecular complexity index is 360. The highest BCUT2D eigenvalue weighted by atomic mass is 16.5. The van der Waals surface area contributed by atoms with Crippen molar-refractivity contribution >= 4 is 0 Å². The zero-order chi connectivity index (χ0) is 13.0. The normalized spacial score (nSPS) is 25.3. The van der Waals surface area contributed by atoms with Crippen molar-refractivity contribution in [3.05, 3.63) is 35.4 Å². The molecule has 2 rings (SSSR count). The number of ether oxygens (including phenoxy) is 1. The fourth-order valence-corrected chi connectivity index (χ4v) is 2.99. The molecule has 0 saturated carbocycles. The molecule has 1 heterocycles. The minimum atomic E-state index is 0.438. The molecule has 0 aromatic heterocycles. The van der Waals surface area contributed by atoms with E-state index in [2.05, 4.69) is 50.5 Å². The Kier molecular flexibility index (Phi) is 4.79. The molecule has 1 aliphatic rings. The minimum absolute atomic E-state index is 0.438. The summed E-state index contributed by atoms with van der Waals surface area (Å²) in [5, 5.41) is 3.49. The van der Waals surface area contributed by atoms with Crippen molar-refractivity contribution < 1.29 is 4.74 Å². The van der Waals surface area contributed by atoms with Crippen molar-refractivity contribution in [1.29, 1.82) is 0 Å². The van der Waals surface area contributed by atoms with Crippen molar-refractivity contribution in [2.75, 3.05) is 13.7 Å². The van der Waals surface area contributed by atoms with Crippen LogP contribution in [-0.4, -0.2) is 25.8 Å². The highest BCUT2D eigenvalue weighted by Gasteiger charge is 2.32. The smallest absolute Gasteiger partial charge is 0.0616 e. The van der Waals surface area contributed by atoms with Crippen LogP contribution in [-0.2, 0) is 11.2 Å². The second kappa shape index (κ2) is 6.35. The van der Waals surface area contributed by atoms with Crippen LogP contribution < -0.4 is 5.32 Å². The van der Waals surface area contributed by atoms with Crippen LogP contribution in [0.4, 0.5) is 0 Å². The van der Waals surface area contributed by atoms with Gasteiger partial charge in [0.15, 0.2) is 0 Å². The predicted molar refractivity (Wildman–Crippen MR) is 75.9 cm³/mol. The number of hydrogen-bond donors (Lipinski definition) is 1. The highest BCUT2D eigenvalue weighted by molar-refractivity contribution is 5.22. The van der Waals surface area contributed by atoms with Crippen LogP contribution in [0.3, 0.4) is 0 Å². The molecule has 0 bridgehead atoms. The number of likely N-dealkylation sites (N-methyl/N-ethyl adjacent to an activating group) is 1. The maximum Gasteiger partial charge on any atom is 0.0616 e. The Morgan fingerprint density at radius 1 is 1.33 bits per heavy atom. The quantitative estimate of drug-likeness (QED) is 0.864. The number of hydrogen-bond acceptors (Lipinski definition) is 2. The van der Waals surface area contributed by atoms with Gasteiger partial charge in [-0.05, 0) is 38.8 Å². The molecule has 1 fully saturated rings. The molecular weight excluding hydrogens is 222 g/mol. The number of aryl methyl sites for hydroxylation is 1. The Morgan fingerprint density at radius 2 is 2.06 bits per heavy atom. The molecule has 3 atom stereocenters. The van der Waals surface area contributed by atoms with Gasteiger partial charge in [-0.1, -0.05) is 36.8 Å². The maximum atomic E-state index is 5.81. The van der Waals surface area contributed by atoms with Crippen molar-refractivity contribution in [1.82, 2.24) is 5.32 Å². The number of rotatable bonds is 5. The van der Waals surface area contributed by atoms with Gasteiger partial charge >= 0.3 is 0 Å². The second-order valence-corrected chi connectivity index (χ2v) is 5.35. The predicted octanol–water partition coefficient (Wildman–Crippen LogP) is 2.94. The molecule has 0 aliphatic carbocycles. The van der Waals surface area contributed by atoms with E-state index in [0.717, 1.165) is 19.4 Å². The van der Waals surface area contributed by atoms with Gasteiger partial charge in [0.1, 0.15) is 0 Å². The molecule has 0 radical (unpaired) electrons. The van der Waals surface area contributed by atoms with Crippen molar-refractivity contribution in [3.8, 4) is 0 Å². The summed E-state index contributed by atoms with van der Waals surface area (Å²) in [7, 11) is 2.07. The first-order valence-corrected chi connectivity index (χ1v) is 7.09. The third-order valence-electron chi connectivity index (χ3n) is 4.13. The van der Waals surface area contributed by atoms with Gasteiger partial charge in [0.2, 0.25) is 0 Å². The molecule has 3 unspecified atom stereocenters. The highest BCUT2D eigenvalue weighted by Crippen LogP contribution is 2.28. The Hall–Kier alpha value is -0.860. The van der Waals surface area contributed by atoms with Crippen LogP contribution in [0.2, 0.25) is 0 Å². The molecular formula is C16H25NO.